The summed E-state index contributed by atoms with van der Waals surface area (Å²) in [5.41, 5.74) is 0. The van der Waals surface area contributed by atoms with Crippen LogP contribution in [0.3, 0.4) is 0 Å². The van der Waals surface area contributed by atoms with Crippen molar-refractivity contribution in [3.8, 4) is 0 Å². The van der Waals surface area contributed by atoms with Gasteiger partial charge in [-0.15, -0.1) is 0 Å². The highest BCUT2D eigenvalue weighted by Gasteiger charge is 2.23. The van der Waals surface area contributed by atoms with E-state index in [2.05, 4.69) is 50.4 Å². The van der Waals surface area contributed by atoms with E-state index in [1.165, 1.54) is 19.3 Å². The Hall–Kier alpha value is -0.840. The van der Waals surface area contributed by atoms with Crippen LogP contribution in [0.25, 0.3) is 0 Å². The lowest BCUT2D eigenvalue weighted by Gasteiger charge is -2.17. The minimum absolute atomic E-state index is 0.701. The molecule has 2 N–H and O–H groups in total. The number of anilines is 2. The highest BCUT2D eigenvalue weighted by atomic mass is 79.9. The van der Waals surface area contributed by atoms with Crippen molar-refractivity contribution >= 4 is 27.7 Å². The Labute approximate surface area is 123 Å². The maximum atomic E-state index is 4.52. The number of rotatable bonds is 6. The van der Waals surface area contributed by atoms with Gasteiger partial charge in [-0.25, -0.2) is 4.98 Å². The van der Waals surface area contributed by atoms with Crippen molar-refractivity contribution in [1.82, 2.24) is 9.97 Å². The Morgan fingerprint density at radius 2 is 2.21 bits per heavy atom. The molecule has 2 atom stereocenters. The van der Waals surface area contributed by atoms with E-state index >= 15 is 0 Å². The van der Waals surface area contributed by atoms with Gasteiger partial charge in [0.15, 0.2) is 0 Å². The molecule has 1 fully saturated rings. The maximum absolute atomic E-state index is 4.52. The zero-order valence-electron chi connectivity index (χ0n) is 11.7. The summed E-state index contributed by atoms with van der Waals surface area (Å²) in [6.07, 6.45) is 6.94. The summed E-state index contributed by atoms with van der Waals surface area (Å²) in [5.74, 6) is 3.19. The molecule has 19 heavy (non-hydrogen) atoms. The topological polar surface area (TPSA) is 49.8 Å². The summed E-state index contributed by atoms with van der Waals surface area (Å²) in [5, 5.41) is 6.68. The van der Waals surface area contributed by atoms with Gasteiger partial charge in [0.25, 0.3) is 0 Å². The minimum atomic E-state index is 0.701. The van der Waals surface area contributed by atoms with Gasteiger partial charge in [-0.1, -0.05) is 26.7 Å². The van der Waals surface area contributed by atoms with Crippen LogP contribution in [0.15, 0.2) is 10.7 Å². The van der Waals surface area contributed by atoms with Gasteiger partial charge in [0.2, 0.25) is 5.95 Å². The zero-order chi connectivity index (χ0) is 13.7. The normalized spacial score (nSPS) is 22.5. The van der Waals surface area contributed by atoms with Gasteiger partial charge in [-0.3, -0.25) is 0 Å². The van der Waals surface area contributed by atoms with Crippen LogP contribution >= 0.6 is 15.9 Å². The molecule has 1 heterocycles. The first-order valence-corrected chi connectivity index (χ1v) is 8.00. The zero-order valence-corrected chi connectivity index (χ0v) is 13.3. The standard InChI is InChI=1S/C14H23BrN4/c1-3-7-16-14-18-9-12(15)13(19-14)17-8-11-6-4-5-10(11)2/h9-11H,3-8H2,1-2H3,(H2,16,17,18,19). The van der Waals surface area contributed by atoms with Crippen LogP contribution in [-0.2, 0) is 0 Å². The lowest BCUT2D eigenvalue weighted by atomic mass is 9.98. The van der Waals surface area contributed by atoms with Crippen molar-refractivity contribution in [2.75, 3.05) is 23.7 Å². The fourth-order valence-corrected chi connectivity index (χ4v) is 2.90. The van der Waals surface area contributed by atoms with E-state index in [4.69, 9.17) is 0 Å². The molecular formula is C14H23BrN4. The van der Waals surface area contributed by atoms with Crippen molar-refractivity contribution in [3.05, 3.63) is 10.7 Å². The van der Waals surface area contributed by atoms with Crippen LogP contribution in [0, 0.1) is 11.8 Å². The number of aromatic nitrogens is 2. The minimum Gasteiger partial charge on any atom is -0.369 e. The second-order valence-corrected chi connectivity index (χ2v) is 6.22. The van der Waals surface area contributed by atoms with E-state index in [1.807, 2.05) is 6.20 Å². The summed E-state index contributed by atoms with van der Waals surface area (Å²) in [4.78, 5) is 8.78. The lowest BCUT2D eigenvalue weighted by Crippen LogP contribution is -2.18. The molecule has 0 saturated heterocycles. The van der Waals surface area contributed by atoms with Gasteiger partial charge in [-0.2, -0.15) is 4.98 Å². The van der Waals surface area contributed by atoms with Gasteiger partial charge < -0.3 is 10.6 Å². The van der Waals surface area contributed by atoms with Crippen molar-refractivity contribution in [2.45, 2.75) is 39.5 Å². The predicted octanol–water partition coefficient (Wildman–Crippen LogP) is 3.91. The Kier molecular flexibility index (Phi) is 5.43. The van der Waals surface area contributed by atoms with Gasteiger partial charge in [-0.05, 0) is 40.6 Å². The van der Waals surface area contributed by atoms with Crippen LogP contribution in [0.1, 0.15) is 39.5 Å². The molecule has 1 saturated carbocycles. The van der Waals surface area contributed by atoms with Crippen molar-refractivity contribution < 1.29 is 0 Å². The molecule has 4 nitrogen and oxygen atoms in total. The van der Waals surface area contributed by atoms with Crippen molar-refractivity contribution in [1.29, 1.82) is 0 Å². The number of nitrogens with one attached hydrogen (secondary N) is 2. The molecule has 0 spiro atoms. The second-order valence-electron chi connectivity index (χ2n) is 5.37. The second kappa shape index (κ2) is 7.08. The van der Waals surface area contributed by atoms with Gasteiger partial charge >= 0.3 is 0 Å². The molecule has 0 bridgehead atoms. The molecule has 0 aliphatic heterocycles. The number of hydrogen-bond donors (Lipinski definition) is 2. The number of hydrogen-bond acceptors (Lipinski definition) is 4. The summed E-state index contributed by atoms with van der Waals surface area (Å²) < 4.78 is 0.931. The summed E-state index contributed by atoms with van der Waals surface area (Å²) in [6.45, 7) is 6.39. The molecule has 106 valence electrons. The molecule has 2 rings (SSSR count). The molecule has 0 amide bonds. The third kappa shape index (κ3) is 4.06. The van der Waals surface area contributed by atoms with Gasteiger partial charge in [0, 0.05) is 19.3 Å². The van der Waals surface area contributed by atoms with Crippen molar-refractivity contribution in [2.24, 2.45) is 11.8 Å². The SMILES string of the molecule is CCCNc1ncc(Br)c(NCC2CCCC2C)n1. The number of halogens is 1. The smallest absolute Gasteiger partial charge is 0.224 e. The Morgan fingerprint density at radius 1 is 1.37 bits per heavy atom. The number of nitrogens with zero attached hydrogens (tertiary/aromatic N) is 2. The van der Waals surface area contributed by atoms with E-state index in [-0.39, 0.29) is 0 Å². The van der Waals surface area contributed by atoms with Crippen LogP contribution in [0.4, 0.5) is 11.8 Å². The van der Waals surface area contributed by atoms with E-state index < -0.39 is 0 Å². The predicted molar refractivity (Wildman–Crippen MR) is 83.5 cm³/mol. The fraction of sp³-hybridized carbons (Fsp3) is 0.714. The lowest BCUT2D eigenvalue weighted by molar-refractivity contribution is 0.439. The quantitative estimate of drug-likeness (QED) is 0.832. The van der Waals surface area contributed by atoms with Crippen LogP contribution in [0.2, 0.25) is 0 Å². The Morgan fingerprint density at radius 3 is 2.89 bits per heavy atom. The van der Waals surface area contributed by atoms with Crippen LogP contribution in [0.5, 0.6) is 0 Å². The Bertz CT molecular complexity index is 410. The van der Waals surface area contributed by atoms with E-state index in [0.717, 1.165) is 41.6 Å². The highest BCUT2D eigenvalue weighted by Crippen LogP contribution is 2.31. The van der Waals surface area contributed by atoms with Gasteiger partial charge in [0.1, 0.15) is 5.82 Å². The van der Waals surface area contributed by atoms with Crippen LogP contribution in [-0.4, -0.2) is 23.1 Å². The average Bonchev–Trinajstić information content (AvgIpc) is 2.82. The van der Waals surface area contributed by atoms with Crippen LogP contribution < -0.4 is 10.6 Å². The first-order valence-electron chi connectivity index (χ1n) is 7.21. The summed E-state index contributed by atoms with van der Waals surface area (Å²) >= 11 is 3.51. The maximum Gasteiger partial charge on any atom is 0.224 e. The average molecular weight is 327 g/mol. The summed E-state index contributed by atoms with van der Waals surface area (Å²) in [6, 6.07) is 0. The third-order valence-electron chi connectivity index (χ3n) is 3.85. The van der Waals surface area contributed by atoms with Crippen molar-refractivity contribution in [3.63, 3.8) is 0 Å². The molecule has 1 aliphatic carbocycles. The molecule has 1 aromatic heterocycles. The van der Waals surface area contributed by atoms with E-state index in [0.29, 0.717) is 5.95 Å². The Balaban J connectivity index is 1.94. The first kappa shape index (κ1) is 14.6. The third-order valence-corrected chi connectivity index (χ3v) is 4.43. The summed E-state index contributed by atoms with van der Waals surface area (Å²) in [7, 11) is 0. The van der Waals surface area contributed by atoms with E-state index in [1.54, 1.807) is 0 Å². The first-order chi connectivity index (χ1) is 9.20. The molecule has 1 aliphatic rings. The molecule has 5 heteroatoms. The molecule has 0 radical (unpaired) electrons. The molecular weight excluding hydrogens is 304 g/mol. The monoisotopic (exact) mass is 326 g/mol. The molecule has 1 aromatic rings. The largest absolute Gasteiger partial charge is 0.369 e. The molecule has 0 aromatic carbocycles. The van der Waals surface area contributed by atoms with Gasteiger partial charge in [0.05, 0.1) is 4.47 Å². The molecule has 2 unspecified atom stereocenters. The van der Waals surface area contributed by atoms with E-state index in [9.17, 15) is 0 Å². The fourth-order valence-electron chi connectivity index (χ4n) is 2.57. The highest BCUT2D eigenvalue weighted by molar-refractivity contribution is 9.10.